The fraction of sp³-hybridized carbons (Fsp3) is 0.769. The van der Waals surface area contributed by atoms with Crippen molar-refractivity contribution in [3.05, 3.63) is 0 Å². The Bertz CT molecular complexity index is 843. The molecule has 0 saturated carbocycles. The Hall–Kier alpha value is -2.87. The molecule has 0 fully saturated rings. The number of aliphatic carboxylic acids is 3. The van der Waals surface area contributed by atoms with Gasteiger partial charge in [-0.1, -0.05) is 58.3 Å². The Kier molecular flexibility index (Phi) is 19.5. The van der Waals surface area contributed by atoms with Crippen LogP contribution in [0.5, 0.6) is 0 Å². The SMILES string of the molecule is CCCCCCCCCCCC(=O)N([C@H](CCC(N)=O)C(=O)O)[C@H](CSC[C@H](N)C(=O)O)C(=O)N[C@H](C)C(=O)O. The van der Waals surface area contributed by atoms with E-state index in [4.69, 9.17) is 16.6 Å². The average molecular weight is 591 g/mol. The smallest absolute Gasteiger partial charge is 0.326 e. The lowest BCUT2D eigenvalue weighted by atomic mass is 10.0. The summed E-state index contributed by atoms with van der Waals surface area (Å²) in [5.41, 5.74) is 10.7. The highest BCUT2D eigenvalue weighted by Gasteiger charge is 2.39. The van der Waals surface area contributed by atoms with Crippen LogP contribution in [0.25, 0.3) is 0 Å². The number of nitrogens with two attached hydrogens (primary N) is 2. The quantitative estimate of drug-likeness (QED) is 0.0883. The van der Waals surface area contributed by atoms with Gasteiger partial charge in [0.2, 0.25) is 17.7 Å². The maximum absolute atomic E-state index is 13.4. The van der Waals surface area contributed by atoms with Crippen LogP contribution in [0.3, 0.4) is 0 Å². The number of rotatable bonds is 24. The Labute approximate surface area is 239 Å². The maximum Gasteiger partial charge on any atom is 0.326 e. The van der Waals surface area contributed by atoms with Gasteiger partial charge in [-0.3, -0.25) is 24.0 Å². The second kappa shape index (κ2) is 21.0. The molecule has 3 amide bonds. The molecule has 8 N–H and O–H groups in total. The van der Waals surface area contributed by atoms with E-state index in [1.807, 2.05) is 0 Å². The summed E-state index contributed by atoms with van der Waals surface area (Å²) in [6, 6.07) is -5.68. The molecule has 0 aliphatic rings. The number of thioether (sulfide) groups is 1. The summed E-state index contributed by atoms with van der Waals surface area (Å²) in [5.74, 6) is -6.84. The first-order valence-corrected chi connectivity index (χ1v) is 14.9. The van der Waals surface area contributed by atoms with E-state index in [1.54, 1.807) is 0 Å². The fourth-order valence-electron chi connectivity index (χ4n) is 3.97. The predicted octanol–water partition coefficient (Wildman–Crippen LogP) is 1.56. The lowest BCUT2D eigenvalue weighted by Crippen LogP contribution is -2.59. The van der Waals surface area contributed by atoms with Crippen molar-refractivity contribution in [1.82, 2.24) is 10.2 Å². The van der Waals surface area contributed by atoms with Gasteiger partial charge in [0.25, 0.3) is 0 Å². The highest BCUT2D eigenvalue weighted by Crippen LogP contribution is 2.21. The molecule has 13 nitrogen and oxygen atoms in total. The minimum absolute atomic E-state index is 0.0617. The molecule has 4 atom stereocenters. The molecule has 0 aromatic carbocycles. The third-order valence-electron chi connectivity index (χ3n) is 6.33. The molecule has 0 aliphatic carbocycles. The van der Waals surface area contributed by atoms with Gasteiger partial charge >= 0.3 is 17.9 Å². The van der Waals surface area contributed by atoms with Gasteiger partial charge in [-0.2, -0.15) is 11.8 Å². The molecule has 14 heteroatoms. The van der Waals surface area contributed by atoms with E-state index >= 15 is 0 Å². The van der Waals surface area contributed by atoms with Gasteiger partial charge in [0.1, 0.15) is 24.2 Å². The summed E-state index contributed by atoms with van der Waals surface area (Å²) in [6.45, 7) is 3.36. The van der Waals surface area contributed by atoms with Crippen molar-refractivity contribution in [1.29, 1.82) is 0 Å². The molecular formula is C26H46N4O9S. The van der Waals surface area contributed by atoms with Crippen molar-refractivity contribution >= 4 is 47.4 Å². The number of carboxylic acids is 3. The third-order valence-corrected chi connectivity index (χ3v) is 7.47. The minimum Gasteiger partial charge on any atom is -0.480 e. The van der Waals surface area contributed by atoms with E-state index in [0.29, 0.717) is 6.42 Å². The lowest BCUT2D eigenvalue weighted by molar-refractivity contribution is -0.155. The highest BCUT2D eigenvalue weighted by atomic mass is 32.2. The fourth-order valence-corrected chi connectivity index (χ4v) is 5.04. The number of carbonyl (C=O) groups excluding carboxylic acids is 3. The summed E-state index contributed by atoms with van der Waals surface area (Å²) in [7, 11) is 0. The van der Waals surface area contributed by atoms with Crippen molar-refractivity contribution in [3.8, 4) is 0 Å². The first-order valence-electron chi connectivity index (χ1n) is 13.7. The summed E-state index contributed by atoms with van der Waals surface area (Å²) in [5, 5.41) is 30.5. The minimum atomic E-state index is -1.59. The van der Waals surface area contributed by atoms with E-state index in [0.717, 1.165) is 55.2 Å². The number of primary amides is 1. The van der Waals surface area contributed by atoms with Crippen molar-refractivity contribution in [2.45, 2.75) is 115 Å². The number of carboxylic acid groups (broad SMARTS) is 3. The van der Waals surface area contributed by atoms with E-state index in [2.05, 4.69) is 12.2 Å². The lowest BCUT2D eigenvalue weighted by Gasteiger charge is -2.36. The first-order chi connectivity index (χ1) is 18.8. The highest BCUT2D eigenvalue weighted by molar-refractivity contribution is 7.99. The van der Waals surface area contributed by atoms with Gasteiger partial charge in [0, 0.05) is 24.3 Å². The Morgan fingerprint density at radius 1 is 0.775 bits per heavy atom. The van der Waals surface area contributed by atoms with E-state index in [9.17, 15) is 39.0 Å². The second-order valence-corrected chi connectivity index (χ2v) is 10.9. The van der Waals surface area contributed by atoms with Gasteiger partial charge in [-0.05, 0) is 19.8 Å². The first kappa shape index (κ1) is 37.1. The van der Waals surface area contributed by atoms with Crippen molar-refractivity contribution in [2.75, 3.05) is 11.5 Å². The summed E-state index contributed by atoms with van der Waals surface area (Å²) in [6.07, 6.45) is 8.08. The molecule has 0 heterocycles. The van der Waals surface area contributed by atoms with Crippen LogP contribution in [0.15, 0.2) is 0 Å². The van der Waals surface area contributed by atoms with E-state index < -0.39 is 59.8 Å². The molecular weight excluding hydrogens is 544 g/mol. The van der Waals surface area contributed by atoms with Crippen LogP contribution in [-0.2, 0) is 28.8 Å². The summed E-state index contributed by atoms with van der Waals surface area (Å²) >= 11 is 0.911. The van der Waals surface area contributed by atoms with E-state index in [1.165, 1.54) is 19.8 Å². The zero-order valence-corrected chi connectivity index (χ0v) is 24.3. The molecule has 0 saturated heterocycles. The van der Waals surface area contributed by atoms with Crippen molar-refractivity contribution in [2.24, 2.45) is 11.5 Å². The van der Waals surface area contributed by atoms with Crippen LogP contribution in [0.4, 0.5) is 0 Å². The molecule has 0 spiro atoms. The van der Waals surface area contributed by atoms with Gasteiger partial charge in [-0.15, -0.1) is 0 Å². The standard InChI is InChI=1S/C26H46N4O9S/c1-3-4-5-6-7-8-9-10-11-12-22(32)30(19(26(38)39)13-14-21(28)31)20(16-40-15-18(27)25(36)37)23(33)29-17(2)24(34)35/h17-20H,3-16,27H2,1-2H3,(H2,28,31)(H,29,33)(H,34,35)(H,36,37)(H,38,39)/t17-,18+,19-,20-/m1/s1. The number of nitrogens with one attached hydrogen (secondary N) is 1. The van der Waals surface area contributed by atoms with E-state index in [-0.39, 0.29) is 30.8 Å². The zero-order chi connectivity index (χ0) is 30.7. The average Bonchev–Trinajstić information content (AvgIpc) is 2.87. The molecule has 0 unspecified atom stereocenters. The third kappa shape index (κ3) is 15.7. The predicted molar refractivity (Wildman–Crippen MR) is 151 cm³/mol. The van der Waals surface area contributed by atoms with Crippen LogP contribution in [-0.4, -0.2) is 91.5 Å². The molecule has 230 valence electrons. The number of amides is 3. The molecule has 0 rings (SSSR count). The number of carbonyl (C=O) groups is 6. The van der Waals surface area contributed by atoms with Crippen molar-refractivity contribution < 1.29 is 44.1 Å². The van der Waals surface area contributed by atoms with Crippen molar-refractivity contribution in [3.63, 3.8) is 0 Å². The molecule has 0 aromatic rings. The van der Waals surface area contributed by atoms with Gasteiger partial charge in [0.15, 0.2) is 0 Å². The van der Waals surface area contributed by atoms with Gasteiger partial charge < -0.3 is 37.0 Å². The van der Waals surface area contributed by atoms with Crippen LogP contribution in [0.2, 0.25) is 0 Å². The Morgan fingerprint density at radius 3 is 1.80 bits per heavy atom. The Balaban J connectivity index is 5.82. The van der Waals surface area contributed by atoms with Crippen LogP contribution >= 0.6 is 11.8 Å². The summed E-state index contributed by atoms with van der Waals surface area (Å²) < 4.78 is 0. The monoisotopic (exact) mass is 590 g/mol. The second-order valence-electron chi connectivity index (χ2n) is 9.80. The topological polar surface area (TPSA) is 230 Å². The molecule has 0 radical (unpaired) electrons. The van der Waals surface area contributed by atoms with Crippen LogP contribution in [0, 0.1) is 0 Å². The summed E-state index contributed by atoms with van der Waals surface area (Å²) in [4.78, 5) is 73.6. The number of hydrogen-bond acceptors (Lipinski definition) is 8. The van der Waals surface area contributed by atoms with Gasteiger partial charge in [-0.25, -0.2) is 4.79 Å². The van der Waals surface area contributed by atoms with Gasteiger partial charge in [0.05, 0.1) is 0 Å². The maximum atomic E-state index is 13.4. The number of nitrogens with zero attached hydrogens (tertiary/aromatic N) is 1. The zero-order valence-electron chi connectivity index (χ0n) is 23.5. The molecule has 0 aromatic heterocycles. The number of unbranched alkanes of at least 4 members (excludes halogenated alkanes) is 8. The molecule has 0 aliphatic heterocycles. The van der Waals surface area contributed by atoms with Crippen LogP contribution < -0.4 is 16.8 Å². The number of hydrogen-bond donors (Lipinski definition) is 6. The molecule has 40 heavy (non-hydrogen) atoms. The van der Waals surface area contributed by atoms with Crippen LogP contribution in [0.1, 0.15) is 90.9 Å². The largest absolute Gasteiger partial charge is 0.480 e. The normalized spacial score (nSPS) is 14.0. The Morgan fingerprint density at radius 2 is 1.32 bits per heavy atom. The molecule has 0 bridgehead atoms.